The Morgan fingerprint density at radius 2 is 1.65 bits per heavy atom. The lowest BCUT2D eigenvalue weighted by molar-refractivity contribution is 0.0901. The van der Waals surface area contributed by atoms with Crippen LogP contribution in [0.15, 0.2) is 69.9 Å². The van der Waals surface area contributed by atoms with E-state index in [0.717, 1.165) is 0 Å². The fourth-order valence-corrected chi connectivity index (χ4v) is 2.20. The number of ketones is 1. The van der Waals surface area contributed by atoms with E-state index in [2.05, 4.69) is 5.32 Å². The van der Waals surface area contributed by atoms with Crippen molar-refractivity contribution in [3.05, 3.63) is 82.2 Å². The third-order valence-corrected chi connectivity index (χ3v) is 3.39. The van der Waals surface area contributed by atoms with Crippen molar-refractivity contribution >= 4 is 22.7 Å². The zero-order valence-electron chi connectivity index (χ0n) is 12.1. The fourth-order valence-electron chi connectivity index (χ4n) is 2.20. The molecular weight excluding hydrogens is 294 g/mol. The zero-order valence-corrected chi connectivity index (χ0v) is 12.1. The molecule has 1 aromatic heterocycles. The van der Waals surface area contributed by atoms with Crippen LogP contribution in [-0.2, 0) is 0 Å². The van der Waals surface area contributed by atoms with Crippen LogP contribution in [0.2, 0.25) is 0 Å². The van der Waals surface area contributed by atoms with Crippen molar-refractivity contribution in [2.45, 2.75) is 0 Å². The largest absolute Gasteiger partial charge is 0.422 e. The molecule has 0 saturated heterocycles. The molecule has 114 valence electrons. The molecule has 3 aromatic rings. The highest BCUT2D eigenvalue weighted by Gasteiger charge is 2.15. The predicted molar refractivity (Wildman–Crippen MR) is 85.6 cm³/mol. The van der Waals surface area contributed by atoms with Crippen molar-refractivity contribution in [2.24, 2.45) is 0 Å². The van der Waals surface area contributed by atoms with Crippen molar-refractivity contribution in [1.82, 2.24) is 5.32 Å². The summed E-state index contributed by atoms with van der Waals surface area (Å²) in [6.07, 6.45) is 0. The molecule has 0 fully saturated rings. The van der Waals surface area contributed by atoms with E-state index >= 15 is 0 Å². The number of fused-ring (bicyclic) bond motifs is 1. The van der Waals surface area contributed by atoms with Crippen molar-refractivity contribution in [1.29, 1.82) is 0 Å². The minimum Gasteiger partial charge on any atom is -0.422 e. The Labute approximate surface area is 131 Å². The van der Waals surface area contributed by atoms with Gasteiger partial charge in [0.15, 0.2) is 5.78 Å². The summed E-state index contributed by atoms with van der Waals surface area (Å²) in [5, 5.41) is 3.10. The van der Waals surface area contributed by atoms with E-state index in [1.165, 1.54) is 6.07 Å². The summed E-state index contributed by atoms with van der Waals surface area (Å²) in [5.41, 5.74) is 0.0608. The van der Waals surface area contributed by atoms with Gasteiger partial charge in [-0.05, 0) is 12.1 Å². The van der Waals surface area contributed by atoms with Crippen LogP contribution in [0.4, 0.5) is 0 Å². The second kappa shape index (κ2) is 6.27. The summed E-state index contributed by atoms with van der Waals surface area (Å²) in [6.45, 7) is -0.185. The van der Waals surface area contributed by atoms with Gasteiger partial charge in [-0.2, -0.15) is 0 Å². The van der Waals surface area contributed by atoms with Crippen LogP contribution in [0.5, 0.6) is 0 Å². The lowest BCUT2D eigenvalue weighted by Gasteiger charge is -2.05. The van der Waals surface area contributed by atoms with Crippen LogP contribution in [0.3, 0.4) is 0 Å². The molecule has 0 saturated carbocycles. The lowest BCUT2D eigenvalue weighted by atomic mass is 10.1. The summed E-state index contributed by atoms with van der Waals surface area (Å²) >= 11 is 0. The summed E-state index contributed by atoms with van der Waals surface area (Å²) in [6, 6.07) is 17.0. The lowest BCUT2D eigenvalue weighted by Crippen LogP contribution is -2.32. The van der Waals surface area contributed by atoms with Crippen molar-refractivity contribution in [2.75, 3.05) is 6.54 Å². The number of para-hydroxylation sites is 1. The van der Waals surface area contributed by atoms with E-state index in [1.807, 2.05) is 0 Å². The van der Waals surface area contributed by atoms with Crippen molar-refractivity contribution in [3.63, 3.8) is 0 Å². The molecule has 0 aliphatic heterocycles. The average molecular weight is 307 g/mol. The third-order valence-electron chi connectivity index (χ3n) is 3.39. The first kappa shape index (κ1) is 14.7. The highest BCUT2D eigenvalue weighted by molar-refractivity contribution is 6.02. The molecule has 1 heterocycles. The van der Waals surface area contributed by atoms with E-state index in [-0.39, 0.29) is 17.9 Å². The fraction of sp³-hybridized carbons (Fsp3) is 0.0556. The molecule has 1 amide bonds. The van der Waals surface area contributed by atoms with Crippen LogP contribution in [0, 0.1) is 0 Å². The van der Waals surface area contributed by atoms with Gasteiger partial charge in [-0.3, -0.25) is 9.59 Å². The van der Waals surface area contributed by atoms with Crippen LogP contribution in [-0.4, -0.2) is 18.2 Å². The Balaban J connectivity index is 1.77. The number of amides is 1. The quantitative estimate of drug-likeness (QED) is 0.593. The molecule has 3 rings (SSSR count). The Hall–Kier alpha value is -3.21. The van der Waals surface area contributed by atoms with E-state index < -0.39 is 11.5 Å². The third kappa shape index (κ3) is 3.18. The van der Waals surface area contributed by atoms with Gasteiger partial charge in [0.05, 0.1) is 6.54 Å². The number of nitrogens with one attached hydrogen (secondary N) is 1. The summed E-state index contributed by atoms with van der Waals surface area (Å²) in [7, 11) is 0. The van der Waals surface area contributed by atoms with E-state index in [0.29, 0.717) is 16.5 Å². The first-order valence-corrected chi connectivity index (χ1v) is 7.04. The molecule has 2 aromatic carbocycles. The molecule has 0 aliphatic carbocycles. The number of Topliss-reactive ketones (excluding diaryl/α,β-unsaturated/α-hetero) is 1. The maximum atomic E-state index is 12.1. The zero-order chi connectivity index (χ0) is 16.2. The number of hydrogen-bond donors (Lipinski definition) is 1. The van der Waals surface area contributed by atoms with Gasteiger partial charge in [0.2, 0.25) is 0 Å². The van der Waals surface area contributed by atoms with E-state index in [9.17, 15) is 14.4 Å². The molecule has 5 nitrogen and oxygen atoms in total. The molecule has 0 radical (unpaired) electrons. The van der Waals surface area contributed by atoms with Gasteiger partial charge < -0.3 is 9.73 Å². The van der Waals surface area contributed by atoms with Crippen LogP contribution in [0.1, 0.15) is 20.7 Å². The molecule has 1 N–H and O–H groups in total. The van der Waals surface area contributed by atoms with Gasteiger partial charge in [0, 0.05) is 10.9 Å². The van der Waals surface area contributed by atoms with Crippen LogP contribution in [0.25, 0.3) is 11.0 Å². The number of rotatable bonds is 4. The maximum absolute atomic E-state index is 12.1. The van der Waals surface area contributed by atoms with Crippen molar-refractivity contribution in [3.8, 4) is 0 Å². The minimum absolute atomic E-state index is 0.121. The number of carbonyl (C=O) groups is 2. The van der Waals surface area contributed by atoms with Gasteiger partial charge in [-0.15, -0.1) is 0 Å². The Kier molecular flexibility index (Phi) is 4.01. The predicted octanol–water partition coefficient (Wildman–Crippen LogP) is 2.41. The number of carbonyl (C=O) groups excluding carboxylic acids is 2. The van der Waals surface area contributed by atoms with Gasteiger partial charge in [-0.1, -0.05) is 48.5 Å². The molecule has 5 heteroatoms. The van der Waals surface area contributed by atoms with Crippen LogP contribution < -0.4 is 10.9 Å². The average Bonchev–Trinajstić information content (AvgIpc) is 2.59. The maximum Gasteiger partial charge on any atom is 0.349 e. The normalized spacial score (nSPS) is 10.4. The van der Waals surface area contributed by atoms with Crippen LogP contribution >= 0.6 is 0 Å². The van der Waals surface area contributed by atoms with Crippen molar-refractivity contribution < 1.29 is 14.0 Å². The molecule has 0 unspecified atom stereocenters. The Morgan fingerprint density at radius 1 is 0.957 bits per heavy atom. The molecule has 0 spiro atoms. The van der Waals surface area contributed by atoms with E-state index in [1.54, 1.807) is 54.6 Å². The highest BCUT2D eigenvalue weighted by atomic mass is 16.4. The smallest absolute Gasteiger partial charge is 0.349 e. The second-order valence-corrected chi connectivity index (χ2v) is 4.96. The monoisotopic (exact) mass is 307 g/mol. The minimum atomic E-state index is -0.728. The molecule has 23 heavy (non-hydrogen) atoms. The molecular formula is C18H13NO4. The topological polar surface area (TPSA) is 76.4 Å². The first-order valence-electron chi connectivity index (χ1n) is 7.04. The first-order chi connectivity index (χ1) is 11.1. The number of benzene rings is 2. The van der Waals surface area contributed by atoms with Gasteiger partial charge >= 0.3 is 5.63 Å². The van der Waals surface area contributed by atoms with Gasteiger partial charge in [0.25, 0.3) is 5.91 Å². The molecule has 0 aliphatic rings. The summed E-state index contributed by atoms with van der Waals surface area (Å²) < 4.78 is 5.10. The van der Waals surface area contributed by atoms with Gasteiger partial charge in [0.1, 0.15) is 11.1 Å². The molecule has 0 bridgehead atoms. The number of hydrogen-bond acceptors (Lipinski definition) is 4. The summed E-state index contributed by atoms with van der Waals surface area (Å²) in [4.78, 5) is 36.0. The summed E-state index contributed by atoms with van der Waals surface area (Å²) in [5.74, 6) is -0.863. The SMILES string of the molecule is O=C(CNC(=O)c1cc2ccccc2oc1=O)c1ccccc1. The highest BCUT2D eigenvalue weighted by Crippen LogP contribution is 2.12. The standard InChI is InChI=1S/C18H13NO4/c20-15(12-6-2-1-3-7-12)11-19-17(21)14-10-13-8-4-5-9-16(13)23-18(14)22/h1-10H,11H2,(H,19,21). The van der Waals surface area contributed by atoms with E-state index in [4.69, 9.17) is 4.42 Å². The Bertz CT molecular complexity index is 928. The Morgan fingerprint density at radius 3 is 2.43 bits per heavy atom. The second-order valence-electron chi connectivity index (χ2n) is 4.96. The van der Waals surface area contributed by atoms with Gasteiger partial charge in [-0.25, -0.2) is 4.79 Å². The molecule has 0 atom stereocenters.